The number of amides is 2. The van der Waals surface area contributed by atoms with Gasteiger partial charge in [-0.25, -0.2) is 4.39 Å². The Morgan fingerprint density at radius 2 is 1.48 bits per heavy atom. The van der Waals surface area contributed by atoms with E-state index in [-0.39, 0.29) is 18.1 Å². The molecule has 0 aliphatic heterocycles. The molecule has 0 fully saturated rings. The van der Waals surface area contributed by atoms with Gasteiger partial charge in [0, 0.05) is 0 Å². The minimum Gasteiger partial charge on any atom is -0.478 e. The van der Waals surface area contributed by atoms with Gasteiger partial charge < -0.3 is 4.74 Å². The number of hydrazine groups is 1. The Morgan fingerprint density at radius 1 is 0.862 bits per heavy atom. The van der Waals surface area contributed by atoms with Crippen molar-refractivity contribution in [3.05, 3.63) is 90.2 Å². The third kappa shape index (κ3) is 5.65. The number of carbonyl (C=O) groups excluding carboxylic acids is 2. The maximum atomic E-state index is 13.6. The molecule has 0 unspecified atom stereocenters. The van der Waals surface area contributed by atoms with Crippen LogP contribution in [0, 0.1) is 5.82 Å². The van der Waals surface area contributed by atoms with Crippen LogP contribution in [-0.2, 0) is 16.0 Å². The van der Waals surface area contributed by atoms with E-state index in [9.17, 15) is 14.0 Å². The molecule has 1 atom stereocenters. The first-order chi connectivity index (χ1) is 14.0. The van der Waals surface area contributed by atoms with E-state index < -0.39 is 17.8 Å². The Balaban J connectivity index is 1.48. The smallest absolute Gasteiger partial charge is 0.279 e. The SMILES string of the molecule is C[C@@H](Oc1ccccc1F)C(=O)NNC(=O)Cc1ccc(-c2ccccc2)cc1. The molecule has 0 aliphatic rings. The van der Waals surface area contributed by atoms with E-state index in [1.807, 2.05) is 54.6 Å². The van der Waals surface area contributed by atoms with E-state index >= 15 is 0 Å². The standard InChI is InChI=1S/C23H21FN2O3/c1-16(29-21-10-6-5-9-20(21)24)23(28)26-25-22(27)15-17-11-13-19(14-12-17)18-7-3-2-4-8-18/h2-14,16H,15H2,1H3,(H,25,27)(H,26,28)/t16-/m1/s1. The van der Waals surface area contributed by atoms with Gasteiger partial charge in [-0.05, 0) is 35.7 Å². The van der Waals surface area contributed by atoms with E-state index in [2.05, 4.69) is 10.9 Å². The van der Waals surface area contributed by atoms with Gasteiger partial charge in [-0.1, -0.05) is 66.7 Å². The van der Waals surface area contributed by atoms with Crippen LogP contribution >= 0.6 is 0 Å². The number of hydrogen-bond donors (Lipinski definition) is 2. The van der Waals surface area contributed by atoms with E-state index in [1.54, 1.807) is 6.07 Å². The first-order valence-electron chi connectivity index (χ1n) is 9.17. The highest BCUT2D eigenvalue weighted by atomic mass is 19.1. The van der Waals surface area contributed by atoms with E-state index in [1.165, 1.54) is 25.1 Å². The molecule has 0 heterocycles. The van der Waals surface area contributed by atoms with Gasteiger partial charge in [0.05, 0.1) is 6.42 Å². The van der Waals surface area contributed by atoms with Gasteiger partial charge in [-0.3, -0.25) is 20.4 Å². The van der Waals surface area contributed by atoms with Gasteiger partial charge in [0.15, 0.2) is 17.7 Å². The molecule has 0 spiro atoms. The molecule has 5 nitrogen and oxygen atoms in total. The quantitative estimate of drug-likeness (QED) is 0.630. The largest absolute Gasteiger partial charge is 0.478 e. The minimum absolute atomic E-state index is 0.0278. The first kappa shape index (κ1) is 20.1. The molecule has 0 bridgehead atoms. The third-order valence-electron chi connectivity index (χ3n) is 4.26. The molecular formula is C23H21FN2O3. The highest BCUT2D eigenvalue weighted by Gasteiger charge is 2.17. The number of hydrogen-bond acceptors (Lipinski definition) is 3. The van der Waals surface area contributed by atoms with Gasteiger partial charge >= 0.3 is 0 Å². The summed E-state index contributed by atoms with van der Waals surface area (Å²) in [5.74, 6) is -1.54. The van der Waals surface area contributed by atoms with Crippen molar-refractivity contribution in [1.82, 2.24) is 10.9 Å². The van der Waals surface area contributed by atoms with Crippen molar-refractivity contribution >= 4 is 11.8 Å². The number of rotatable bonds is 6. The first-order valence-corrected chi connectivity index (χ1v) is 9.17. The number of halogens is 1. The van der Waals surface area contributed by atoms with Crippen LogP contribution in [0.5, 0.6) is 5.75 Å². The molecular weight excluding hydrogens is 371 g/mol. The predicted molar refractivity (Wildman–Crippen MR) is 108 cm³/mol. The van der Waals surface area contributed by atoms with Crippen molar-refractivity contribution in [3.8, 4) is 16.9 Å². The van der Waals surface area contributed by atoms with Gasteiger partial charge in [0.2, 0.25) is 5.91 Å². The fourth-order valence-corrected chi connectivity index (χ4v) is 2.69. The van der Waals surface area contributed by atoms with Crippen LogP contribution in [0.4, 0.5) is 4.39 Å². The van der Waals surface area contributed by atoms with E-state index in [0.29, 0.717) is 0 Å². The molecule has 0 aliphatic carbocycles. The summed E-state index contributed by atoms with van der Waals surface area (Å²) in [6, 6.07) is 23.4. The molecule has 3 aromatic carbocycles. The van der Waals surface area contributed by atoms with Crippen LogP contribution in [0.2, 0.25) is 0 Å². The Morgan fingerprint density at radius 3 is 2.17 bits per heavy atom. The van der Waals surface area contributed by atoms with Crippen LogP contribution in [0.25, 0.3) is 11.1 Å². The monoisotopic (exact) mass is 392 g/mol. The molecule has 2 N–H and O–H groups in total. The summed E-state index contributed by atoms with van der Waals surface area (Å²) in [5.41, 5.74) is 7.61. The van der Waals surface area contributed by atoms with Gasteiger partial charge in [-0.2, -0.15) is 0 Å². The van der Waals surface area contributed by atoms with Crippen LogP contribution in [0.3, 0.4) is 0 Å². The van der Waals surface area contributed by atoms with Crippen molar-refractivity contribution in [2.45, 2.75) is 19.4 Å². The lowest BCUT2D eigenvalue weighted by Gasteiger charge is -2.15. The maximum absolute atomic E-state index is 13.6. The highest BCUT2D eigenvalue weighted by Crippen LogP contribution is 2.19. The lowest BCUT2D eigenvalue weighted by Crippen LogP contribution is -2.47. The summed E-state index contributed by atoms with van der Waals surface area (Å²) in [6.07, 6.45) is -0.866. The van der Waals surface area contributed by atoms with Crippen molar-refractivity contribution in [3.63, 3.8) is 0 Å². The molecule has 148 valence electrons. The van der Waals surface area contributed by atoms with Gasteiger partial charge in [0.25, 0.3) is 5.91 Å². The summed E-state index contributed by atoms with van der Waals surface area (Å²) >= 11 is 0. The summed E-state index contributed by atoms with van der Waals surface area (Å²) in [5, 5.41) is 0. The fraction of sp³-hybridized carbons (Fsp3) is 0.130. The summed E-state index contributed by atoms with van der Waals surface area (Å²) in [7, 11) is 0. The van der Waals surface area contributed by atoms with Crippen molar-refractivity contribution in [2.75, 3.05) is 0 Å². The Kier molecular flexibility index (Phi) is 6.58. The number of carbonyl (C=O) groups is 2. The topological polar surface area (TPSA) is 67.4 Å². The van der Waals surface area contributed by atoms with Gasteiger partial charge in [-0.15, -0.1) is 0 Å². The molecule has 3 rings (SSSR count). The number of benzene rings is 3. The summed E-state index contributed by atoms with van der Waals surface area (Å²) < 4.78 is 18.9. The van der Waals surface area contributed by atoms with Crippen molar-refractivity contribution < 1.29 is 18.7 Å². The van der Waals surface area contributed by atoms with E-state index in [0.717, 1.165) is 16.7 Å². The van der Waals surface area contributed by atoms with Crippen molar-refractivity contribution in [1.29, 1.82) is 0 Å². The highest BCUT2D eigenvalue weighted by molar-refractivity contribution is 5.85. The molecule has 0 saturated carbocycles. The zero-order valence-corrected chi connectivity index (χ0v) is 15.9. The second-order valence-electron chi connectivity index (χ2n) is 6.47. The number of nitrogens with one attached hydrogen (secondary N) is 2. The molecule has 0 radical (unpaired) electrons. The lowest BCUT2D eigenvalue weighted by molar-refractivity contribution is -0.132. The second kappa shape index (κ2) is 9.50. The minimum atomic E-state index is -0.975. The molecule has 2 amide bonds. The Labute approximate surface area is 168 Å². The Hall–Kier alpha value is -3.67. The summed E-state index contributed by atoms with van der Waals surface area (Å²) in [4.78, 5) is 24.1. The Bertz CT molecular complexity index is 975. The number of ether oxygens (including phenoxy) is 1. The van der Waals surface area contributed by atoms with Crippen molar-refractivity contribution in [2.24, 2.45) is 0 Å². The molecule has 6 heteroatoms. The summed E-state index contributed by atoms with van der Waals surface area (Å²) in [6.45, 7) is 1.47. The average molecular weight is 392 g/mol. The second-order valence-corrected chi connectivity index (χ2v) is 6.47. The molecule has 0 saturated heterocycles. The zero-order chi connectivity index (χ0) is 20.6. The van der Waals surface area contributed by atoms with Gasteiger partial charge in [0.1, 0.15) is 0 Å². The van der Waals surface area contributed by atoms with Crippen LogP contribution in [0.1, 0.15) is 12.5 Å². The van der Waals surface area contributed by atoms with Crippen LogP contribution < -0.4 is 15.6 Å². The maximum Gasteiger partial charge on any atom is 0.279 e. The van der Waals surface area contributed by atoms with Crippen LogP contribution in [0.15, 0.2) is 78.9 Å². The predicted octanol–water partition coefficient (Wildman–Crippen LogP) is 3.65. The molecule has 29 heavy (non-hydrogen) atoms. The number of para-hydroxylation sites is 1. The lowest BCUT2D eigenvalue weighted by atomic mass is 10.0. The van der Waals surface area contributed by atoms with E-state index in [4.69, 9.17) is 4.74 Å². The third-order valence-corrected chi connectivity index (χ3v) is 4.26. The zero-order valence-electron chi connectivity index (χ0n) is 15.9. The fourth-order valence-electron chi connectivity index (χ4n) is 2.69. The van der Waals surface area contributed by atoms with Crippen LogP contribution in [-0.4, -0.2) is 17.9 Å². The molecule has 3 aromatic rings. The average Bonchev–Trinajstić information content (AvgIpc) is 2.75. The normalized spacial score (nSPS) is 11.4. The molecule has 0 aromatic heterocycles.